The van der Waals surface area contributed by atoms with E-state index in [1.165, 1.54) is 12.8 Å². The van der Waals surface area contributed by atoms with E-state index in [1.807, 2.05) is 12.1 Å². The van der Waals surface area contributed by atoms with Gasteiger partial charge in [-0.3, -0.25) is 4.79 Å². The van der Waals surface area contributed by atoms with Crippen LogP contribution in [-0.4, -0.2) is 44.1 Å². The van der Waals surface area contributed by atoms with Crippen LogP contribution < -0.4 is 10.1 Å². The highest BCUT2D eigenvalue weighted by Crippen LogP contribution is 2.22. The van der Waals surface area contributed by atoms with Gasteiger partial charge < -0.3 is 15.0 Å². The summed E-state index contributed by atoms with van der Waals surface area (Å²) in [5.41, 5.74) is 0. The van der Waals surface area contributed by atoms with Gasteiger partial charge in [0.15, 0.2) is 6.61 Å². The van der Waals surface area contributed by atoms with Crippen LogP contribution in [0.3, 0.4) is 0 Å². The Hall–Kier alpha value is -1.26. The summed E-state index contributed by atoms with van der Waals surface area (Å²) in [6.07, 6.45) is 3.50. The smallest absolute Gasteiger partial charge is 0.257 e. The molecule has 0 aliphatic carbocycles. The highest BCUT2D eigenvalue weighted by Gasteiger charge is 2.16. The van der Waals surface area contributed by atoms with Crippen LogP contribution in [0.1, 0.15) is 19.3 Å². The number of halogens is 1. The number of carbonyl (C=O) groups is 1. The SMILES string of the molecule is CN1CCC(CCNC(=O)COc2ccccc2Cl)CC1. The van der Waals surface area contributed by atoms with Crippen LogP contribution in [0.25, 0.3) is 0 Å². The number of nitrogens with one attached hydrogen (secondary N) is 1. The zero-order valence-electron chi connectivity index (χ0n) is 12.5. The van der Waals surface area contributed by atoms with Gasteiger partial charge in [-0.25, -0.2) is 0 Å². The van der Waals surface area contributed by atoms with Gasteiger partial charge in [-0.1, -0.05) is 23.7 Å². The molecule has 0 radical (unpaired) electrons. The molecule has 1 saturated heterocycles. The lowest BCUT2D eigenvalue weighted by Gasteiger charge is -2.28. The number of hydrogen-bond acceptors (Lipinski definition) is 3. The summed E-state index contributed by atoms with van der Waals surface area (Å²) in [6.45, 7) is 3.05. The minimum Gasteiger partial charge on any atom is -0.482 e. The van der Waals surface area contributed by atoms with Gasteiger partial charge in [0.25, 0.3) is 5.91 Å². The van der Waals surface area contributed by atoms with Crippen molar-refractivity contribution >= 4 is 17.5 Å². The van der Waals surface area contributed by atoms with Crippen molar-refractivity contribution in [2.45, 2.75) is 19.3 Å². The number of para-hydroxylation sites is 1. The van der Waals surface area contributed by atoms with Gasteiger partial charge in [0.2, 0.25) is 0 Å². The van der Waals surface area contributed by atoms with Crippen molar-refractivity contribution in [1.29, 1.82) is 0 Å². The van der Waals surface area contributed by atoms with Gasteiger partial charge in [-0.15, -0.1) is 0 Å². The molecule has 0 bridgehead atoms. The lowest BCUT2D eigenvalue weighted by molar-refractivity contribution is -0.123. The Labute approximate surface area is 131 Å². The van der Waals surface area contributed by atoms with E-state index in [0.29, 0.717) is 10.8 Å². The molecule has 5 heteroatoms. The first-order valence-electron chi connectivity index (χ1n) is 7.47. The van der Waals surface area contributed by atoms with Gasteiger partial charge >= 0.3 is 0 Å². The predicted octanol–water partition coefficient (Wildman–Crippen LogP) is 2.57. The van der Waals surface area contributed by atoms with Crippen molar-refractivity contribution in [2.24, 2.45) is 5.92 Å². The Morgan fingerprint density at radius 2 is 2.10 bits per heavy atom. The molecule has 1 aliphatic rings. The molecule has 0 aromatic heterocycles. The van der Waals surface area contributed by atoms with Crippen LogP contribution in [0.2, 0.25) is 5.02 Å². The molecular weight excluding hydrogens is 288 g/mol. The molecule has 1 heterocycles. The lowest BCUT2D eigenvalue weighted by Crippen LogP contribution is -2.34. The first-order chi connectivity index (χ1) is 10.1. The highest BCUT2D eigenvalue weighted by atomic mass is 35.5. The van der Waals surface area contributed by atoms with E-state index in [-0.39, 0.29) is 12.5 Å². The summed E-state index contributed by atoms with van der Waals surface area (Å²) in [6, 6.07) is 7.17. The summed E-state index contributed by atoms with van der Waals surface area (Å²) in [5, 5.41) is 3.43. The molecular formula is C16H23ClN2O2. The van der Waals surface area contributed by atoms with E-state index in [9.17, 15) is 4.79 Å². The largest absolute Gasteiger partial charge is 0.482 e. The summed E-state index contributed by atoms with van der Waals surface area (Å²) in [4.78, 5) is 14.1. The van der Waals surface area contributed by atoms with Gasteiger partial charge in [-0.2, -0.15) is 0 Å². The fourth-order valence-corrected chi connectivity index (χ4v) is 2.71. The molecule has 4 nitrogen and oxygen atoms in total. The van der Waals surface area contributed by atoms with Crippen LogP contribution in [-0.2, 0) is 4.79 Å². The van der Waals surface area contributed by atoms with Crippen LogP contribution in [0.15, 0.2) is 24.3 Å². The van der Waals surface area contributed by atoms with Crippen molar-refractivity contribution in [3.63, 3.8) is 0 Å². The quantitative estimate of drug-likeness (QED) is 0.878. The molecule has 21 heavy (non-hydrogen) atoms. The Morgan fingerprint density at radius 3 is 2.81 bits per heavy atom. The Morgan fingerprint density at radius 1 is 1.38 bits per heavy atom. The molecule has 0 spiro atoms. The molecule has 116 valence electrons. The highest BCUT2D eigenvalue weighted by molar-refractivity contribution is 6.32. The minimum atomic E-state index is -0.0946. The predicted molar refractivity (Wildman–Crippen MR) is 84.8 cm³/mol. The molecule has 0 saturated carbocycles. The number of hydrogen-bond donors (Lipinski definition) is 1. The molecule has 2 rings (SSSR count). The van der Waals surface area contributed by atoms with Gasteiger partial charge in [0.05, 0.1) is 5.02 Å². The van der Waals surface area contributed by atoms with E-state index in [2.05, 4.69) is 17.3 Å². The molecule has 0 atom stereocenters. The maximum Gasteiger partial charge on any atom is 0.257 e. The number of rotatable bonds is 6. The van der Waals surface area contributed by atoms with E-state index >= 15 is 0 Å². The number of carbonyl (C=O) groups excluding carboxylic acids is 1. The number of ether oxygens (including phenoxy) is 1. The number of likely N-dealkylation sites (tertiary alicyclic amines) is 1. The molecule has 1 aromatic carbocycles. The second kappa shape index (κ2) is 8.25. The topological polar surface area (TPSA) is 41.6 Å². The Kier molecular flexibility index (Phi) is 6.33. The van der Waals surface area contributed by atoms with E-state index in [1.54, 1.807) is 12.1 Å². The van der Waals surface area contributed by atoms with Crippen LogP contribution in [0.4, 0.5) is 0 Å². The average molecular weight is 311 g/mol. The van der Waals surface area contributed by atoms with Crippen molar-refractivity contribution in [3.8, 4) is 5.75 Å². The second-order valence-electron chi connectivity index (χ2n) is 5.60. The fourth-order valence-electron chi connectivity index (χ4n) is 2.52. The minimum absolute atomic E-state index is 0.0110. The van der Waals surface area contributed by atoms with Crippen molar-refractivity contribution in [2.75, 3.05) is 33.3 Å². The number of amides is 1. The third-order valence-corrected chi connectivity index (χ3v) is 4.22. The molecule has 1 N–H and O–H groups in total. The fraction of sp³-hybridized carbons (Fsp3) is 0.562. The lowest BCUT2D eigenvalue weighted by atomic mass is 9.94. The number of piperidine rings is 1. The summed E-state index contributed by atoms with van der Waals surface area (Å²) in [5.74, 6) is 1.18. The summed E-state index contributed by atoms with van der Waals surface area (Å²) in [7, 11) is 2.16. The average Bonchev–Trinajstić information content (AvgIpc) is 2.48. The Bertz CT molecular complexity index is 459. The second-order valence-corrected chi connectivity index (χ2v) is 6.01. The first kappa shape index (κ1) is 16.1. The maximum atomic E-state index is 11.7. The van der Waals surface area contributed by atoms with Gasteiger partial charge in [0.1, 0.15) is 5.75 Å². The monoisotopic (exact) mass is 310 g/mol. The standard InChI is InChI=1S/C16H23ClN2O2/c1-19-10-7-13(8-11-19)6-9-18-16(20)12-21-15-5-3-2-4-14(15)17/h2-5,13H,6-12H2,1H3,(H,18,20). The zero-order chi connectivity index (χ0) is 15.1. The maximum absolute atomic E-state index is 11.7. The Balaban J connectivity index is 1.61. The first-order valence-corrected chi connectivity index (χ1v) is 7.85. The van der Waals surface area contributed by atoms with Gasteiger partial charge in [-0.05, 0) is 57.5 Å². The van der Waals surface area contributed by atoms with Crippen LogP contribution in [0.5, 0.6) is 5.75 Å². The van der Waals surface area contributed by atoms with E-state index < -0.39 is 0 Å². The zero-order valence-corrected chi connectivity index (χ0v) is 13.2. The molecule has 1 amide bonds. The number of benzene rings is 1. The van der Waals surface area contributed by atoms with Crippen LogP contribution >= 0.6 is 11.6 Å². The van der Waals surface area contributed by atoms with Crippen molar-refractivity contribution in [1.82, 2.24) is 10.2 Å². The number of nitrogens with zero attached hydrogens (tertiary/aromatic N) is 1. The van der Waals surface area contributed by atoms with E-state index in [4.69, 9.17) is 16.3 Å². The van der Waals surface area contributed by atoms with Crippen molar-refractivity contribution < 1.29 is 9.53 Å². The normalized spacial score (nSPS) is 16.7. The summed E-state index contributed by atoms with van der Waals surface area (Å²) < 4.78 is 5.40. The summed E-state index contributed by atoms with van der Waals surface area (Å²) >= 11 is 5.96. The van der Waals surface area contributed by atoms with Crippen LogP contribution in [0, 0.1) is 5.92 Å². The van der Waals surface area contributed by atoms with E-state index in [0.717, 1.165) is 32.0 Å². The third kappa shape index (κ3) is 5.56. The van der Waals surface area contributed by atoms with Gasteiger partial charge in [0, 0.05) is 6.54 Å². The third-order valence-electron chi connectivity index (χ3n) is 3.91. The molecule has 1 aromatic rings. The molecule has 0 unspecified atom stereocenters. The van der Waals surface area contributed by atoms with Crippen molar-refractivity contribution in [3.05, 3.63) is 29.3 Å². The molecule has 1 aliphatic heterocycles. The molecule has 1 fully saturated rings.